The van der Waals surface area contributed by atoms with Crippen LogP contribution in [0.3, 0.4) is 0 Å². The molecule has 0 bridgehead atoms. The molecular formula is C11H15FOS. The maximum Gasteiger partial charge on any atom is 0.165 e. The lowest BCUT2D eigenvalue weighted by atomic mass is 10.3. The fourth-order valence-corrected chi connectivity index (χ4v) is 1.33. The molecule has 0 saturated heterocycles. The first-order chi connectivity index (χ1) is 6.74. The minimum absolute atomic E-state index is 0.300. The Bertz CT molecular complexity index is 289. The average Bonchev–Trinajstić information content (AvgIpc) is 2.18. The van der Waals surface area contributed by atoms with E-state index in [1.165, 1.54) is 6.07 Å². The molecule has 1 nitrogen and oxygen atoms in total. The van der Waals surface area contributed by atoms with Crippen molar-refractivity contribution in [1.82, 2.24) is 0 Å². The van der Waals surface area contributed by atoms with E-state index in [9.17, 15) is 4.39 Å². The molecule has 0 radical (unpaired) electrons. The predicted molar refractivity (Wildman–Crippen MR) is 58.7 cm³/mol. The lowest BCUT2D eigenvalue weighted by Crippen LogP contribution is -1.98. The van der Waals surface area contributed by atoms with E-state index >= 15 is 0 Å². The van der Waals surface area contributed by atoms with E-state index in [1.807, 2.05) is 0 Å². The third-order valence-corrected chi connectivity index (χ3v) is 2.20. The van der Waals surface area contributed by atoms with Crippen LogP contribution in [0.1, 0.15) is 26.2 Å². The van der Waals surface area contributed by atoms with Gasteiger partial charge in [0.1, 0.15) is 0 Å². The van der Waals surface area contributed by atoms with Crippen LogP contribution in [-0.2, 0) is 0 Å². The predicted octanol–water partition coefficient (Wildman–Crippen LogP) is 3.68. The van der Waals surface area contributed by atoms with Crippen LogP contribution in [0.25, 0.3) is 0 Å². The second-order valence-corrected chi connectivity index (χ2v) is 3.69. The van der Waals surface area contributed by atoms with Gasteiger partial charge in [-0.1, -0.05) is 19.8 Å². The van der Waals surface area contributed by atoms with Crippen LogP contribution in [0, 0.1) is 5.82 Å². The molecule has 1 rings (SSSR count). The maximum atomic E-state index is 13.1. The molecule has 14 heavy (non-hydrogen) atoms. The number of thiol groups is 1. The highest BCUT2D eigenvalue weighted by atomic mass is 32.1. The van der Waals surface area contributed by atoms with Gasteiger partial charge in [-0.3, -0.25) is 0 Å². The molecule has 0 aromatic heterocycles. The zero-order chi connectivity index (χ0) is 10.4. The molecule has 0 spiro atoms. The third-order valence-electron chi connectivity index (χ3n) is 1.92. The Morgan fingerprint density at radius 2 is 2.14 bits per heavy atom. The van der Waals surface area contributed by atoms with Gasteiger partial charge in [0.2, 0.25) is 0 Å². The van der Waals surface area contributed by atoms with Crippen molar-refractivity contribution in [1.29, 1.82) is 0 Å². The number of benzene rings is 1. The topological polar surface area (TPSA) is 9.23 Å². The number of halogens is 1. The molecule has 0 unspecified atom stereocenters. The molecule has 0 saturated carbocycles. The zero-order valence-corrected chi connectivity index (χ0v) is 9.19. The van der Waals surface area contributed by atoms with Crippen LogP contribution in [0.15, 0.2) is 23.1 Å². The standard InChI is InChI=1S/C11H15FOS/c1-2-3-4-7-13-11-8-9(14)5-6-10(11)12/h5-6,8,14H,2-4,7H2,1H3. The molecule has 0 atom stereocenters. The number of rotatable bonds is 5. The first-order valence-corrected chi connectivity index (χ1v) is 5.30. The summed E-state index contributed by atoms with van der Waals surface area (Å²) in [4.78, 5) is 0.719. The Hall–Kier alpha value is -0.700. The van der Waals surface area contributed by atoms with Gasteiger partial charge in [0, 0.05) is 4.90 Å². The summed E-state index contributed by atoms with van der Waals surface area (Å²) < 4.78 is 18.4. The van der Waals surface area contributed by atoms with E-state index < -0.39 is 0 Å². The molecule has 1 aromatic rings. The largest absolute Gasteiger partial charge is 0.490 e. The molecule has 0 N–H and O–H groups in total. The number of hydrogen-bond acceptors (Lipinski definition) is 2. The van der Waals surface area contributed by atoms with Crippen molar-refractivity contribution in [2.45, 2.75) is 31.1 Å². The van der Waals surface area contributed by atoms with Crippen molar-refractivity contribution in [3.63, 3.8) is 0 Å². The van der Waals surface area contributed by atoms with Gasteiger partial charge < -0.3 is 4.74 Å². The fourth-order valence-electron chi connectivity index (χ4n) is 1.14. The van der Waals surface area contributed by atoms with Crippen LogP contribution in [-0.4, -0.2) is 6.61 Å². The number of hydrogen-bond donors (Lipinski definition) is 1. The Morgan fingerprint density at radius 1 is 1.36 bits per heavy atom. The minimum Gasteiger partial charge on any atom is -0.490 e. The molecule has 0 heterocycles. The first kappa shape index (κ1) is 11.4. The number of ether oxygens (including phenoxy) is 1. The van der Waals surface area contributed by atoms with Gasteiger partial charge in [-0.05, 0) is 24.6 Å². The lowest BCUT2D eigenvalue weighted by molar-refractivity contribution is 0.291. The summed E-state index contributed by atoms with van der Waals surface area (Å²) in [6, 6.07) is 4.58. The van der Waals surface area contributed by atoms with E-state index in [4.69, 9.17) is 4.74 Å². The molecule has 0 amide bonds. The summed E-state index contributed by atoms with van der Waals surface area (Å²) in [5.74, 6) is -0.0205. The fraction of sp³-hybridized carbons (Fsp3) is 0.455. The number of unbranched alkanes of at least 4 members (excludes halogenated alkanes) is 2. The van der Waals surface area contributed by atoms with Crippen LogP contribution in [0.5, 0.6) is 5.75 Å². The monoisotopic (exact) mass is 214 g/mol. The summed E-state index contributed by atoms with van der Waals surface area (Å²) in [6.45, 7) is 2.69. The van der Waals surface area contributed by atoms with E-state index in [0.717, 1.165) is 24.2 Å². The minimum atomic E-state index is -0.320. The normalized spacial score (nSPS) is 10.2. The molecule has 0 aliphatic carbocycles. The molecule has 0 aliphatic rings. The third kappa shape index (κ3) is 3.58. The summed E-state index contributed by atoms with van der Waals surface area (Å²) in [7, 11) is 0. The van der Waals surface area contributed by atoms with E-state index in [-0.39, 0.29) is 5.82 Å². The first-order valence-electron chi connectivity index (χ1n) is 4.85. The molecule has 1 aromatic carbocycles. The maximum absolute atomic E-state index is 13.1. The van der Waals surface area contributed by atoms with Crippen molar-refractivity contribution in [2.75, 3.05) is 6.61 Å². The van der Waals surface area contributed by atoms with Crippen LogP contribution in [0.4, 0.5) is 4.39 Å². The summed E-state index contributed by atoms with van der Waals surface area (Å²) in [6.07, 6.45) is 3.22. The van der Waals surface area contributed by atoms with Crippen LogP contribution in [0.2, 0.25) is 0 Å². The second kappa shape index (κ2) is 5.91. The van der Waals surface area contributed by atoms with Gasteiger partial charge in [-0.2, -0.15) is 0 Å². The van der Waals surface area contributed by atoms with Gasteiger partial charge in [0.25, 0.3) is 0 Å². The van der Waals surface area contributed by atoms with Gasteiger partial charge in [0.15, 0.2) is 11.6 Å². The van der Waals surface area contributed by atoms with Crippen molar-refractivity contribution >= 4 is 12.6 Å². The molecule has 3 heteroatoms. The summed E-state index contributed by atoms with van der Waals surface area (Å²) >= 11 is 4.12. The SMILES string of the molecule is CCCCCOc1cc(S)ccc1F. The molecule has 0 aliphatic heterocycles. The quantitative estimate of drug-likeness (QED) is 0.581. The lowest BCUT2D eigenvalue weighted by Gasteiger charge is -2.06. The Labute approximate surface area is 89.7 Å². The molecular weight excluding hydrogens is 199 g/mol. The van der Waals surface area contributed by atoms with E-state index in [1.54, 1.807) is 12.1 Å². The molecule has 78 valence electrons. The zero-order valence-electron chi connectivity index (χ0n) is 8.29. The van der Waals surface area contributed by atoms with Crippen LogP contribution < -0.4 is 4.74 Å². The Kier molecular flexibility index (Phi) is 4.80. The average molecular weight is 214 g/mol. The van der Waals surface area contributed by atoms with Crippen molar-refractivity contribution in [3.8, 4) is 5.75 Å². The highest BCUT2D eigenvalue weighted by Gasteiger charge is 2.02. The van der Waals surface area contributed by atoms with Crippen LogP contribution >= 0.6 is 12.6 Å². The summed E-state index contributed by atoms with van der Waals surface area (Å²) in [5.41, 5.74) is 0. The van der Waals surface area contributed by atoms with Gasteiger partial charge in [0.05, 0.1) is 6.61 Å². The van der Waals surface area contributed by atoms with E-state index in [0.29, 0.717) is 12.4 Å². The highest BCUT2D eigenvalue weighted by Crippen LogP contribution is 2.20. The van der Waals surface area contributed by atoms with E-state index in [2.05, 4.69) is 19.6 Å². The molecule has 0 fully saturated rings. The second-order valence-electron chi connectivity index (χ2n) is 3.17. The Morgan fingerprint density at radius 3 is 2.86 bits per heavy atom. The Balaban J connectivity index is 2.45. The smallest absolute Gasteiger partial charge is 0.165 e. The van der Waals surface area contributed by atoms with Crippen molar-refractivity contribution in [3.05, 3.63) is 24.0 Å². The van der Waals surface area contributed by atoms with Crippen molar-refractivity contribution in [2.24, 2.45) is 0 Å². The van der Waals surface area contributed by atoms with Gasteiger partial charge in [-0.15, -0.1) is 12.6 Å². The van der Waals surface area contributed by atoms with Gasteiger partial charge >= 0.3 is 0 Å². The van der Waals surface area contributed by atoms with Gasteiger partial charge in [-0.25, -0.2) is 4.39 Å². The van der Waals surface area contributed by atoms with Crippen molar-refractivity contribution < 1.29 is 9.13 Å². The highest BCUT2D eigenvalue weighted by molar-refractivity contribution is 7.80. The summed E-state index contributed by atoms with van der Waals surface area (Å²) in [5, 5.41) is 0.